The minimum absolute atomic E-state index is 0.0411. The van der Waals surface area contributed by atoms with E-state index in [1.54, 1.807) is 18.2 Å². The van der Waals surface area contributed by atoms with Gasteiger partial charge in [-0.1, -0.05) is 37.3 Å². The van der Waals surface area contributed by atoms with Crippen molar-refractivity contribution < 1.29 is 9.18 Å². The molecule has 0 aliphatic carbocycles. The molecule has 0 fully saturated rings. The number of ketones is 1. The summed E-state index contributed by atoms with van der Waals surface area (Å²) in [6, 6.07) is 13.9. The maximum atomic E-state index is 13.5. The quantitative estimate of drug-likeness (QED) is 0.842. The van der Waals surface area contributed by atoms with E-state index in [-0.39, 0.29) is 23.9 Å². The van der Waals surface area contributed by atoms with Crippen molar-refractivity contribution in [3.63, 3.8) is 0 Å². The lowest BCUT2D eigenvalue weighted by atomic mass is 9.93. The van der Waals surface area contributed by atoms with E-state index in [9.17, 15) is 9.18 Å². The van der Waals surface area contributed by atoms with E-state index in [1.165, 1.54) is 6.07 Å². The van der Waals surface area contributed by atoms with Crippen LogP contribution in [0.25, 0.3) is 0 Å². The first kappa shape index (κ1) is 14.3. The molecule has 2 rings (SSSR count). The number of hydrogen-bond donors (Lipinski definition) is 1. The highest BCUT2D eigenvalue weighted by atomic mass is 19.1. The van der Waals surface area contributed by atoms with Crippen molar-refractivity contribution in [1.82, 2.24) is 0 Å². The second-order valence-electron chi connectivity index (χ2n) is 5.08. The maximum Gasteiger partial charge on any atom is 0.137 e. The molecular weight excluding hydrogens is 253 g/mol. The summed E-state index contributed by atoms with van der Waals surface area (Å²) in [5, 5.41) is 0. The summed E-state index contributed by atoms with van der Waals surface area (Å²) in [6.07, 6.45) is 0.546. The van der Waals surface area contributed by atoms with Crippen molar-refractivity contribution in [2.75, 3.05) is 5.73 Å². The lowest BCUT2D eigenvalue weighted by molar-refractivity contribution is -0.118. The van der Waals surface area contributed by atoms with Crippen LogP contribution in [0.5, 0.6) is 0 Å². The summed E-state index contributed by atoms with van der Waals surface area (Å²) in [6.45, 7) is 1.99. The van der Waals surface area contributed by atoms with Crippen LogP contribution in [0.1, 0.15) is 30.4 Å². The van der Waals surface area contributed by atoms with Crippen molar-refractivity contribution >= 4 is 11.5 Å². The topological polar surface area (TPSA) is 43.1 Å². The van der Waals surface area contributed by atoms with Gasteiger partial charge in [0.1, 0.15) is 11.6 Å². The summed E-state index contributed by atoms with van der Waals surface area (Å²) in [5.74, 6) is -0.171. The van der Waals surface area contributed by atoms with Gasteiger partial charge in [0, 0.05) is 18.5 Å². The predicted octanol–water partition coefficient (Wildman–Crippen LogP) is 3.71. The van der Waals surface area contributed by atoms with Crippen LogP contribution in [0.3, 0.4) is 0 Å². The molecule has 0 bridgehead atoms. The van der Waals surface area contributed by atoms with Gasteiger partial charge in [-0.25, -0.2) is 4.39 Å². The van der Waals surface area contributed by atoms with Gasteiger partial charge >= 0.3 is 0 Å². The monoisotopic (exact) mass is 271 g/mol. The van der Waals surface area contributed by atoms with E-state index >= 15 is 0 Å². The van der Waals surface area contributed by atoms with Crippen molar-refractivity contribution in [2.24, 2.45) is 0 Å². The number of anilines is 1. The molecule has 0 amide bonds. The number of carbonyl (C=O) groups excluding carboxylic acids is 1. The van der Waals surface area contributed by atoms with Crippen LogP contribution in [0.15, 0.2) is 48.5 Å². The second kappa shape index (κ2) is 6.33. The van der Waals surface area contributed by atoms with E-state index in [0.717, 1.165) is 5.56 Å². The number of Topliss-reactive ketones (excluding diaryl/α,β-unsaturated/α-hetero) is 1. The largest absolute Gasteiger partial charge is 0.399 e. The Hall–Kier alpha value is -2.16. The number of halogens is 1. The van der Waals surface area contributed by atoms with Crippen molar-refractivity contribution in [2.45, 2.75) is 25.7 Å². The molecule has 0 aliphatic heterocycles. The zero-order chi connectivity index (χ0) is 14.5. The molecular formula is C17H18FNO. The van der Waals surface area contributed by atoms with E-state index in [2.05, 4.69) is 0 Å². The molecule has 3 heteroatoms. The molecule has 1 unspecified atom stereocenters. The molecule has 0 aromatic heterocycles. The van der Waals surface area contributed by atoms with E-state index in [0.29, 0.717) is 17.7 Å². The highest BCUT2D eigenvalue weighted by Crippen LogP contribution is 2.21. The van der Waals surface area contributed by atoms with Gasteiger partial charge < -0.3 is 5.73 Å². The Bertz CT molecular complexity index is 592. The molecule has 0 saturated carbocycles. The van der Waals surface area contributed by atoms with E-state index < -0.39 is 0 Å². The van der Waals surface area contributed by atoms with Gasteiger partial charge in [0.05, 0.1) is 0 Å². The molecule has 2 nitrogen and oxygen atoms in total. The van der Waals surface area contributed by atoms with Crippen LogP contribution >= 0.6 is 0 Å². The number of nitrogen functional groups attached to an aromatic ring is 1. The van der Waals surface area contributed by atoms with Crippen LogP contribution in [0.4, 0.5) is 10.1 Å². The SMILES string of the molecule is CC(CC(=O)Cc1ccccc1F)c1ccc(N)cc1. The Morgan fingerprint density at radius 1 is 1.15 bits per heavy atom. The zero-order valence-electron chi connectivity index (χ0n) is 11.5. The van der Waals surface area contributed by atoms with Crippen LogP contribution in [0.2, 0.25) is 0 Å². The van der Waals surface area contributed by atoms with Gasteiger partial charge in [0.2, 0.25) is 0 Å². The molecule has 0 radical (unpaired) electrons. The summed E-state index contributed by atoms with van der Waals surface area (Å²) in [5.41, 5.74) is 7.88. The third-order valence-corrected chi connectivity index (χ3v) is 3.38. The molecule has 0 saturated heterocycles. The highest BCUT2D eigenvalue weighted by molar-refractivity contribution is 5.81. The van der Waals surface area contributed by atoms with Gasteiger partial charge in [-0.3, -0.25) is 4.79 Å². The molecule has 0 aliphatic rings. The average molecular weight is 271 g/mol. The maximum absolute atomic E-state index is 13.5. The lowest BCUT2D eigenvalue weighted by Crippen LogP contribution is -2.08. The minimum atomic E-state index is -0.319. The molecule has 2 aromatic carbocycles. The van der Waals surface area contributed by atoms with E-state index in [1.807, 2.05) is 31.2 Å². The molecule has 104 valence electrons. The Balaban J connectivity index is 1.98. The first-order valence-corrected chi connectivity index (χ1v) is 6.67. The Kier molecular flexibility index (Phi) is 4.51. The van der Waals surface area contributed by atoms with Gasteiger partial charge in [-0.15, -0.1) is 0 Å². The van der Waals surface area contributed by atoms with Crippen LogP contribution in [-0.2, 0) is 11.2 Å². The standard InChI is InChI=1S/C17H18FNO/c1-12(13-6-8-15(19)9-7-13)10-16(20)11-14-4-2-3-5-17(14)18/h2-9,12H,10-11,19H2,1H3. The summed E-state index contributed by atoms with van der Waals surface area (Å²) < 4.78 is 13.5. The first-order chi connectivity index (χ1) is 9.56. The fraction of sp³-hybridized carbons (Fsp3) is 0.235. The number of hydrogen-bond acceptors (Lipinski definition) is 2. The summed E-state index contributed by atoms with van der Waals surface area (Å²) >= 11 is 0. The first-order valence-electron chi connectivity index (χ1n) is 6.67. The molecule has 20 heavy (non-hydrogen) atoms. The summed E-state index contributed by atoms with van der Waals surface area (Å²) in [7, 11) is 0. The molecule has 2 N–H and O–H groups in total. The zero-order valence-corrected chi connectivity index (χ0v) is 11.5. The number of nitrogens with two attached hydrogens (primary N) is 1. The van der Waals surface area contributed by atoms with Crippen LogP contribution in [-0.4, -0.2) is 5.78 Å². The average Bonchev–Trinajstić information content (AvgIpc) is 2.42. The van der Waals surface area contributed by atoms with Gasteiger partial charge in [0.25, 0.3) is 0 Å². The molecule has 2 aromatic rings. The fourth-order valence-corrected chi connectivity index (χ4v) is 2.21. The molecule has 0 heterocycles. The van der Waals surface area contributed by atoms with Gasteiger partial charge in [-0.05, 0) is 35.2 Å². The number of carbonyl (C=O) groups is 1. The van der Waals surface area contributed by atoms with Gasteiger partial charge in [0.15, 0.2) is 0 Å². The molecule has 1 atom stereocenters. The smallest absolute Gasteiger partial charge is 0.137 e. The lowest BCUT2D eigenvalue weighted by Gasteiger charge is -2.11. The van der Waals surface area contributed by atoms with Crippen LogP contribution in [0, 0.1) is 5.82 Å². The third kappa shape index (κ3) is 3.67. The number of benzene rings is 2. The van der Waals surface area contributed by atoms with Gasteiger partial charge in [-0.2, -0.15) is 0 Å². The normalized spacial score (nSPS) is 12.1. The van der Waals surface area contributed by atoms with Crippen LogP contribution < -0.4 is 5.73 Å². The Morgan fingerprint density at radius 2 is 1.80 bits per heavy atom. The predicted molar refractivity (Wildman–Crippen MR) is 79.0 cm³/mol. The summed E-state index contributed by atoms with van der Waals surface area (Å²) in [4.78, 5) is 12.0. The van der Waals surface area contributed by atoms with E-state index in [4.69, 9.17) is 5.73 Å². The Morgan fingerprint density at radius 3 is 2.45 bits per heavy atom. The highest BCUT2D eigenvalue weighted by Gasteiger charge is 2.13. The van der Waals surface area contributed by atoms with Crippen molar-refractivity contribution in [1.29, 1.82) is 0 Å². The number of rotatable bonds is 5. The minimum Gasteiger partial charge on any atom is -0.399 e. The second-order valence-corrected chi connectivity index (χ2v) is 5.08. The Labute approximate surface area is 118 Å². The third-order valence-electron chi connectivity index (χ3n) is 3.38. The fourth-order valence-electron chi connectivity index (χ4n) is 2.21. The van der Waals surface area contributed by atoms with Crippen molar-refractivity contribution in [3.05, 3.63) is 65.5 Å². The molecule has 0 spiro atoms. The van der Waals surface area contributed by atoms with Crippen molar-refractivity contribution in [3.8, 4) is 0 Å².